The molecule has 7 nitrogen and oxygen atoms in total. The second-order valence-corrected chi connectivity index (χ2v) is 3.09. The molecule has 0 aliphatic carbocycles. The summed E-state index contributed by atoms with van der Waals surface area (Å²) < 4.78 is 0. The van der Waals surface area contributed by atoms with Gasteiger partial charge in [-0.3, -0.25) is 4.79 Å². The van der Waals surface area contributed by atoms with E-state index in [1.54, 1.807) is 0 Å². The first kappa shape index (κ1) is 14.0. The van der Waals surface area contributed by atoms with Gasteiger partial charge in [-0.1, -0.05) is 0 Å². The van der Waals surface area contributed by atoms with Crippen molar-refractivity contribution in [3.63, 3.8) is 0 Å². The van der Waals surface area contributed by atoms with Gasteiger partial charge in [-0.15, -0.1) is 0 Å². The van der Waals surface area contributed by atoms with E-state index in [4.69, 9.17) is 10.2 Å². The fraction of sp³-hybridized carbons (Fsp3) is 0.750. The lowest BCUT2D eigenvalue weighted by Crippen LogP contribution is -2.53. The van der Waals surface area contributed by atoms with Crippen molar-refractivity contribution in [2.45, 2.75) is 31.3 Å². The molecule has 0 aromatic heterocycles. The van der Waals surface area contributed by atoms with Crippen LogP contribution in [-0.2, 0) is 9.59 Å². The van der Waals surface area contributed by atoms with Crippen molar-refractivity contribution in [3.05, 3.63) is 0 Å². The van der Waals surface area contributed by atoms with E-state index in [1.807, 2.05) is 0 Å². The zero-order valence-corrected chi connectivity index (χ0v) is 8.20. The standard InChI is InChI=1S/C8H15NO6/c1-4(12)9-5(2-10)7(14)8(15)6(13)3-11/h2,5-8,11,13-15H,3H2,1H3,(H,9,12)/t5-,6-,7-,8+/m1/s1/i12+2. The predicted molar refractivity (Wildman–Crippen MR) is 48.8 cm³/mol. The molecule has 15 heavy (non-hydrogen) atoms. The minimum atomic E-state index is -1.71. The van der Waals surface area contributed by atoms with E-state index in [1.165, 1.54) is 0 Å². The lowest BCUT2D eigenvalue weighted by Gasteiger charge is -2.25. The average Bonchev–Trinajstić information content (AvgIpc) is 2.22. The molecular formula is C8H15NO6. The first-order valence-corrected chi connectivity index (χ1v) is 4.31. The molecule has 0 bridgehead atoms. The maximum Gasteiger partial charge on any atom is 0.217 e. The zero-order valence-electron chi connectivity index (χ0n) is 8.20. The summed E-state index contributed by atoms with van der Waals surface area (Å²) in [6.45, 7) is 0.377. The van der Waals surface area contributed by atoms with Gasteiger partial charge in [0, 0.05) is 6.92 Å². The Balaban J connectivity index is 4.42. The van der Waals surface area contributed by atoms with Crippen molar-refractivity contribution in [2.75, 3.05) is 6.61 Å². The van der Waals surface area contributed by atoms with E-state index < -0.39 is 36.9 Å². The normalized spacial score (nSPS) is 18.7. The van der Waals surface area contributed by atoms with E-state index in [-0.39, 0.29) is 6.29 Å². The Hall–Kier alpha value is -1.02. The topological polar surface area (TPSA) is 127 Å². The number of rotatable bonds is 6. The van der Waals surface area contributed by atoms with Crippen LogP contribution in [0.3, 0.4) is 0 Å². The lowest BCUT2D eigenvalue weighted by molar-refractivity contribution is -0.129. The summed E-state index contributed by atoms with van der Waals surface area (Å²) in [7, 11) is 0. The number of aldehydes is 1. The van der Waals surface area contributed by atoms with Gasteiger partial charge in [0.25, 0.3) is 0 Å². The summed E-state index contributed by atoms with van der Waals surface area (Å²) in [6.07, 6.45) is -4.72. The van der Waals surface area contributed by atoms with Crippen LogP contribution in [0.15, 0.2) is 0 Å². The van der Waals surface area contributed by atoms with Crippen LogP contribution >= 0.6 is 0 Å². The largest absolute Gasteiger partial charge is 0.394 e. The minimum Gasteiger partial charge on any atom is -0.394 e. The summed E-state index contributed by atoms with van der Waals surface area (Å²) >= 11 is 0. The van der Waals surface area contributed by atoms with Gasteiger partial charge >= 0.3 is 0 Å². The van der Waals surface area contributed by atoms with E-state index in [0.717, 1.165) is 6.92 Å². The van der Waals surface area contributed by atoms with Crippen LogP contribution in [0, 0.1) is 0 Å². The molecule has 0 rings (SSSR count). The fourth-order valence-corrected chi connectivity index (χ4v) is 0.983. The number of hydrogen-bond acceptors (Lipinski definition) is 6. The first-order valence-electron chi connectivity index (χ1n) is 4.31. The molecule has 1 amide bonds. The lowest BCUT2D eigenvalue weighted by atomic mass is 10.0. The third-order valence-electron chi connectivity index (χ3n) is 1.82. The van der Waals surface area contributed by atoms with E-state index in [9.17, 15) is 19.8 Å². The van der Waals surface area contributed by atoms with Gasteiger partial charge in [0.1, 0.15) is 30.6 Å². The van der Waals surface area contributed by atoms with Gasteiger partial charge in [-0.2, -0.15) is 0 Å². The van der Waals surface area contributed by atoms with Gasteiger partial charge < -0.3 is 30.5 Å². The Morgan fingerprint density at radius 1 is 1.40 bits per heavy atom. The van der Waals surface area contributed by atoms with Gasteiger partial charge in [0.05, 0.1) is 6.61 Å². The van der Waals surface area contributed by atoms with Crippen LogP contribution in [-0.4, -0.2) is 63.6 Å². The predicted octanol–water partition coefficient (Wildman–Crippen LogP) is -3.23. The van der Waals surface area contributed by atoms with Gasteiger partial charge in [0.15, 0.2) is 0 Å². The first-order chi connectivity index (χ1) is 6.93. The Kier molecular flexibility index (Phi) is 6.02. The van der Waals surface area contributed by atoms with Crippen molar-refractivity contribution >= 4 is 12.2 Å². The van der Waals surface area contributed by atoms with Crippen molar-refractivity contribution in [1.82, 2.24) is 5.32 Å². The molecule has 0 radical (unpaired) electrons. The van der Waals surface area contributed by atoms with Crippen LogP contribution < -0.4 is 5.32 Å². The minimum absolute atomic E-state index is 0.235. The Morgan fingerprint density at radius 3 is 2.27 bits per heavy atom. The molecule has 0 heterocycles. The van der Waals surface area contributed by atoms with Crippen molar-refractivity contribution in [3.8, 4) is 0 Å². The molecule has 0 saturated carbocycles. The SMILES string of the molecule is CC(=[18O])N[C@H](C=O)[C@@H](O)[C@@H](O)[C@H](O)CO. The highest BCUT2D eigenvalue weighted by Crippen LogP contribution is 2.03. The molecule has 0 unspecified atom stereocenters. The highest BCUT2D eigenvalue weighted by molar-refractivity contribution is 5.77. The second kappa shape index (κ2) is 6.46. The van der Waals surface area contributed by atoms with Crippen molar-refractivity contribution < 1.29 is 30.0 Å². The summed E-state index contributed by atoms with van der Waals surface area (Å²) in [6, 6.07) is -1.32. The van der Waals surface area contributed by atoms with Crippen LogP contribution in [0.4, 0.5) is 0 Å². The third kappa shape index (κ3) is 4.34. The van der Waals surface area contributed by atoms with Crippen molar-refractivity contribution in [2.24, 2.45) is 0 Å². The highest BCUT2D eigenvalue weighted by atomic mass is 18.1. The molecule has 0 aromatic carbocycles. The number of carbonyl (C=O) groups excluding carboxylic acids is 2. The summed E-state index contributed by atoms with van der Waals surface area (Å²) in [5.74, 6) is -0.558. The molecule has 0 aromatic rings. The number of aliphatic hydroxyl groups excluding tert-OH is 4. The number of amides is 1. The number of nitrogens with one attached hydrogen (secondary N) is 1. The maximum atomic E-state index is 10.6. The van der Waals surface area contributed by atoms with Gasteiger partial charge in [-0.05, 0) is 0 Å². The number of carbonyl (C=O) groups is 2. The summed E-state index contributed by atoms with van der Waals surface area (Å²) in [5, 5.41) is 38.2. The quantitative estimate of drug-likeness (QED) is 0.238. The van der Waals surface area contributed by atoms with Gasteiger partial charge in [0.2, 0.25) is 5.91 Å². The smallest absolute Gasteiger partial charge is 0.217 e. The molecule has 0 aliphatic heterocycles. The molecule has 7 heteroatoms. The average molecular weight is 223 g/mol. The molecule has 4 atom stereocenters. The maximum absolute atomic E-state index is 10.6. The Bertz CT molecular complexity index is 221. The van der Waals surface area contributed by atoms with E-state index in [0.29, 0.717) is 0 Å². The summed E-state index contributed by atoms with van der Waals surface area (Å²) in [4.78, 5) is 21.1. The number of hydrogen-bond donors (Lipinski definition) is 5. The number of aliphatic hydroxyl groups is 4. The monoisotopic (exact) mass is 223 g/mol. The van der Waals surface area contributed by atoms with Crippen LogP contribution in [0.25, 0.3) is 0 Å². The van der Waals surface area contributed by atoms with Crippen LogP contribution in [0.2, 0.25) is 0 Å². The van der Waals surface area contributed by atoms with Crippen LogP contribution in [0.5, 0.6) is 0 Å². The second-order valence-electron chi connectivity index (χ2n) is 3.09. The Morgan fingerprint density at radius 2 is 1.93 bits per heavy atom. The molecule has 0 aliphatic rings. The molecule has 5 N–H and O–H groups in total. The Labute approximate surface area is 86.3 Å². The van der Waals surface area contributed by atoms with E-state index >= 15 is 0 Å². The van der Waals surface area contributed by atoms with E-state index in [2.05, 4.69) is 5.32 Å². The molecule has 88 valence electrons. The van der Waals surface area contributed by atoms with Crippen LogP contribution in [0.1, 0.15) is 6.92 Å². The van der Waals surface area contributed by atoms with Gasteiger partial charge in [-0.25, -0.2) is 0 Å². The zero-order chi connectivity index (χ0) is 12.0. The fourth-order valence-electron chi connectivity index (χ4n) is 0.983. The highest BCUT2D eigenvalue weighted by Gasteiger charge is 2.31. The third-order valence-corrected chi connectivity index (χ3v) is 1.82. The molecular weight excluding hydrogens is 208 g/mol. The molecule has 0 fully saturated rings. The summed E-state index contributed by atoms with van der Waals surface area (Å²) in [5.41, 5.74) is 0. The molecule has 0 saturated heterocycles. The molecule has 0 spiro atoms. The van der Waals surface area contributed by atoms with Crippen molar-refractivity contribution in [1.29, 1.82) is 0 Å².